The lowest BCUT2D eigenvalue weighted by molar-refractivity contribution is 0.0787. The van der Waals surface area contributed by atoms with Crippen LogP contribution in [0.4, 0.5) is 4.79 Å². The number of carbonyl (C=O) groups excluding carboxylic acids is 2. The van der Waals surface area contributed by atoms with Crippen LogP contribution in [-0.4, -0.2) is 47.7 Å². The molecule has 7 nitrogen and oxygen atoms in total. The number of hydrogen-bond acceptors (Lipinski definition) is 4. The van der Waals surface area contributed by atoms with E-state index in [0.717, 1.165) is 0 Å². The number of hydrogen-bond donors (Lipinski definition) is 1. The minimum Gasteiger partial charge on any atom is -0.453 e. The highest BCUT2D eigenvalue weighted by Gasteiger charge is 2.28. The molecule has 2 rings (SSSR count). The quantitative estimate of drug-likeness (QED) is 0.823. The van der Waals surface area contributed by atoms with Crippen LogP contribution in [0.25, 0.3) is 0 Å². The molecule has 1 atom stereocenters. The van der Waals surface area contributed by atoms with Gasteiger partial charge in [-0.15, -0.1) is 0 Å². The molecule has 108 valence electrons. The predicted molar refractivity (Wildman–Crippen MR) is 71.5 cm³/mol. The fourth-order valence-electron chi connectivity index (χ4n) is 2.15. The molecule has 0 bridgehead atoms. The van der Waals surface area contributed by atoms with Crippen LogP contribution in [0, 0.1) is 0 Å². The van der Waals surface area contributed by atoms with E-state index in [1.165, 1.54) is 17.7 Å². The molecular formula is C13H17N3O4. The van der Waals surface area contributed by atoms with Gasteiger partial charge in [0.05, 0.1) is 13.2 Å². The van der Waals surface area contributed by atoms with Crippen molar-refractivity contribution in [3.63, 3.8) is 0 Å². The van der Waals surface area contributed by atoms with Gasteiger partial charge in [0, 0.05) is 38.0 Å². The Morgan fingerprint density at radius 3 is 2.85 bits per heavy atom. The highest BCUT2D eigenvalue weighted by atomic mass is 16.5. The average Bonchev–Trinajstić information content (AvgIpc) is 2.89. The van der Waals surface area contributed by atoms with E-state index in [-0.39, 0.29) is 17.5 Å². The van der Waals surface area contributed by atoms with Gasteiger partial charge in [-0.05, 0) is 12.5 Å². The van der Waals surface area contributed by atoms with Gasteiger partial charge < -0.3 is 19.5 Å². The monoisotopic (exact) mass is 279 g/mol. The van der Waals surface area contributed by atoms with E-state index in [1.807, 2.05) is 0 Å². The van der Waals surface area contributed by atoms with Crippen molar-refractivity contribution in [1.29, 1.82) is 0 Å². The molecule has 1 fully saturated rings. The number of ether oxygens (including phenoxy) is 1. The largest absolute Gasteiger partial charge is 0.453 e. The van der Waals surface area contributed by atoms with Gasteiger partial charge in [0.1, 0.15) is 0 Å². The third kappa shape index (κ3) is 2.98. The van der Waals surface area contributed by atoms with Gasteiger partial charge in [0.15, 0.2) is 0 Å². The van der Waals surface area contributed by atoms with E-state index >= 15 is 0 Å². The number of likely N-dealkylation sites (tertiary alicyclic amines) is 1. The summed E-state index contributed by atoms with van der Waals surface area (Å²) in [6.45, 7) is 0.964. The van der Waals surface area contributed by atoms with Crippen LogP contribution in [0.3, 0.4) is 0 Å². The molecule has 0 spiro atoms. The van der Waals surface area contributed by atoms with Crippen molar-refractivity contribution in [1.82, 2.24) is 14.8 Å². The van der Waals surface area contributed by atoms with Crippen LogP contribution in [0.5, 0.6) is 0 Å². The van der Waals surface area contributed by atoms with E-state index < -0.39 is 6.09 Å². The Morgan fingerprint density at radius 2 is 2.20 bits per heavy atom. The number of aryl methyl sites for hydroxylation is 1. The molecule has 7 heteroatoms. The highest BCUT2D eigenvalue weighted by Crippen LogP contribution is 2.13. The number of aromatic nitrogens is 1. The van der Waals surface area contributed by atoms with Gasteiger partial charge in [0.25, 0.3) is 11.5 Å². The van der Waals surface area contributed by atoms with Crippen LogP contribution < -0.4 is 10.9 Å². The fraction of sp³-hybridized carbons (Fsp3) is 0.462. The predicted octanol–water partition coefficient (Wildman–Crippen LogP) is -0.0442. The molecule has 1 aromatic rings. The molecule has 1 aromatic heterocycles. The number of nitrogens with one attached hydrogen (secondary N) is 1. The second-order valence-corrected chi connectivity index (χ2v) is 4.74. The zero-order valence-corrected chi connectivity index (χ0v) is 11.5. The summed E-state index contributed by atoms with van der Waals surface area (Å²) >= 11 is 0. The van der Waals surface area contributed by atoms with Gasteiger partial charge in [-0.25, -0.2) is 4.79 Å². The first-order valence-corrected chi connectivity index (χ1v) is 6.31. The number of alkyl carbamates (subject to hydrolysis) is 1. The molecule has 0 saturated carbocycles. The molecule has 0 aromatic carbocycles. The smallest absolute Gasteiger partial charge is 0.407 e. The van der Waals surface area contributed by atoms with Crippen molar-refractivity contribution in [3.05, 3.63) is 34.2 Å². The zero-order valence-electron chi connectivity index (χ0n) is 11.5. The van der Waals surface area contributed by atoms with Crippen LogP contribution >= 0.6 is 0 Å². The average molecular weight is 279 g/mol. The van der Waals surface area contributed by atoms with E-state index in [1.54, 1.807) is 24.2 Å². The number of nitrogens with zero attached hydrogens (tertiary/aromatic N) is 2. The first kappa shape index (κ1) is 14.1. The number of carbonyl (C=O) groups is 2. The fourth-order valence-corrected chi connectivity index (χ4v) is 2.15. The molecule has 0 aliphatic carbocycles. The van der Waals surface area contributed by atoms with Crippen molar-refractivity contribution < 1.29 is 14.3 Å². The van der Waals surface area contributed by atoms with Crippen molar-refractivity contribution in [2.45, 2.75) is 12.5 Å². The lowest BCUT2D eigenvalue weighted by Crippen LogP contribution is -2.38. The lowest BCUT2D eigenvalue weighted by Gasteiger charge is -2.17. The van der Waals surface area contributed by atoms with Gasteiger partial charge in [0.2, 0.25) is 0 Å². The van der Waals surface area contributed by atoms with Gasteiger partial charge >= 0.3 is 6.09 Å². The van der Waals surface area contributed by atoms with Crippen LogP contribution in [0.15, 0.2) is 23.1 Å². The molecular weight excluding hydrogens is 262 g/mol. The molecule has 2 heterocycles. The Balaban J connectivity index is 2.02. The summed E-state index contributed by atoms with van der Waals surface area (Å²) in [5.74, 6) is -0.197. The Labute approximate surface area is 116 Å². The summed E-state index contributed by atoms with van der Waals surface area (Å²) in [6.07, 6.45) is 1.74. The Bertz CT molecular complexity index is 581. The van der Waals surface area contributed by atoms with E-state index in [4.69, 9.17) is 0 Å². The molecule has 20 heavy (non-hydrogen) atoms. The standard InChI is InChI=1S/C13H17N3O4/c1-15-5-3-9(7-11(15)17)12(18)16-6-4-10(8-16)14-13(19)20-2/h3,5,7,10H,4,6,8H2,1-2H3,(H,14,19). The van der Waals surface area contributed by atoms with E-state index in [2.05, 4.69) is 10.1 Å². The van der Waals surface area contributed by atoms with E-state index in [0.29, 0.717) is 25.1 Å². The van der Waals surface area contributed by atoms with Crippen LogP contribution in [0.2, 0.25) is 0 Å². The highest BCUT2D eigenvalue weighted by molar-refractivity contribution is 5.94. The Kier molecular flexibility index (Phi) is 4.07. The third-order valence-electron chi connectivity index (χ3n) is 3.33. The zero-order chi connectivity index (χ0) is 14.7. The molecule has 1 N–H and O–H groups in total. The first-order chi connectivity index (χ1) is 9.51. The van der Waals surface area contributed by atoms with Crippen LogP contribution in [0.1, 0.15) is 16.8 Å². The maximum absolute atomic E-state index is 12.2. The van der Waals surface area contributed by atoms with Crippen molar-refractivity contribution in [2.75, 3.05) is 20.2 Å². The number of methoxy groups -OCH3 is 1. The van der Waals surface area contributed by atoms with Crippen molar-refractivity contribution in [2.24, 2.45) is 7.05 Å². The first-order valence-electron chi connectivity index (χ1n) is 6.31. The minimum atomic E-state index is -0.502. The van der Waals surface area contributed by atoms with Crippen molar-refractivity contribution in [3.8, 4) is 0 Å². The van der Waals surface area contributed by atoms with Gasteiger partial charge in [-0.3, -0.25) is 9.59 Å². The minimum absolute atomic E-state index is 0.113. The molecule has 1 unspecified atom stereocenters. The Morgan fingerprint density at radius 1 is 1.45 bits per heavy atom. The summed E-state index contributed by atoms with van der Waals surface area (Å²) < 4.78 is 5.93. The lowest BCUT2D eigenvalue weighted by atomic mass is 10.2. The SMILES string of the molecule is COC(=O)NC1CCN(C(=O)c2ccn(C)c(=O)c2)C1. The number of amides is 2. The molecule has 1 aliphatic rings. The molecule has 0 radical (unpaired) electrons. The molecule has 2 amide bonds. The van der Waals surface area contributed by atoms with Crippen LogP contribution in [-0.2, 0) is 11.8 Å². The Hall–Kier alpha value is -2.31. The second-order valence-electron chi connectivity index (χ2n) is 4.74. The summed E-state index contributed by atoms with van der Waals surface area (Å²) in [7, 11) is 2.93. The maximum Gasteiger partial charge on any atom is 0.407 e. The molecule has 1 saturated heterocycles. The number of rotatable bonds is 2. The topological polar surface area (TPSA) is 80.6 Å². The summed E-state index contributed by atoms with van der Waals surface area (Å²) in [4.78, 5) is 36.5. The summed E-state index contributed by atoms with van der Waals surface area (Å²) in [5, 5.41) is 2.66. The summed E-state index contributed by atoms with van der Waals surface area (Å²) in [6, 6.07) is 2.83. The normalized spacial score (nSPS) is 17.9. The third-order valence-corrected chi connectivity index (χ3v) is 3.33. The van der Waals surface area contributed by atoms with Gasteiger partial charge in [-0.1, -0.05) is 0 Å². The second kappa shape index (κ2) is 5.77. The maximum atomic E-state index is 12.2. The number of pyridine rings is 1. The van der Waals surface area contributed by atoms with Crippen molar-refractivity contribution >= 4 is 12.0 Å². The summed E-state index contributed by atoms with van der Waals surface area (Å²) in [5.41, 5.74) is 0.145. The molecule has 1 aliphatic heterocycles. The van der Waals surface area contributed by atoms with E-state index in [9.17, 15) is 14.4 Å². The van der Waals surface area contributed by atoms with Gasteiger partial charge in [-0.2, -0.15) is 0 Å².